The van der Waals surface area contributed by atoms with E-state index in [1.54, 1.807) is 7.05 Å². The highest BCUT2D eigenvalue weighted by molar-refractivity contribution is 7.89. The summed E-state index contributed by atoms with van der Waals surface area (Å²) in [5, 5.41) is 9.09. The molecule has 0 atom stereocenters. The molecule has 1 fully saturated rings. The number of aliphatic hydroxyl groups excluding tert-OH is 1. The SMILES string of the molecule is COCCS(=O)(=O)N(C)CC1CC(O)C1. The van der Waals surface area contributed by atoms with Crippen LogP contribution >= 0.6 is 0 Å². The van der Waals surface area contributed by atoms with Crippen LogP contribution in [0.25, 0.3) is 0 Å². The summed E-state index contributed by atoms with van der Waals surface area (Å²) in [5.41, 5.74) is 0. The number of hydrogen-bond acceptors (Lipinski definition) is 4. The fourth-order valence-corrected chi connectivity index (χ4v) is 2.80. The van der Waals surface area contributed by atoms with Crippen LogP contribution < -0.4 is 0 Å². The van der Waals surface area contributed by atoms with E-state index < -0.39 is 10.0 Å². The van der Waals surface area contributed by atoms with Gasteiger partial charge in [0.05, 0.1) is 18.5 Å². The molecule has 0 bridgehead atoms. The van der Waals surface area contributed by atoms with Crippen LogP contribution in [0.5, 0.6) is 0 Å². The fraction of sp³-hybridized carbons (Fsp3) is 1.00. The van der Waals surface area contributed by atoms with Crippen LogP contribution in [0.2, 0.25) is 0 Å². The van der Waals surface area contributed by atoms with E-state index in [1.165, 1.54) is 11.4 Å². The molecular weight excluding hydrogens is 218 g/mol. The maximum atomic E-state index is 11.6. The molecule has 0 saturated heterocycles. The van der Waals surface area contributed by atoms with E-state index in [0.717, 1.165) is 0 Å². The van der Waals surface area contributed by atoms with Crippen LogP contribution in [0.4, 0.5) is 0 Å². The summed E-state index contributed by atoms with van der Waals surface area (Å²) in [7, 11) is -0.121. The summed E-state index contributed by atoms with van der Waals surface area (Å²) < 4.78 is 29.4. The minimum absolute atomic E-state index is 0.0231. The van der Waals surface area contributed by atoms with Crippen molar-refractivity contribution < 1.29 is 18.3 Å². The Labute approximate surface area is 91.1 Å². The monoisotopic (exact) mass is 237 g/mol. The third-order valence-corrected chi connectivity index (χ3v) is 4.53. The number of hydrogen-bond donors (Lipinski definition) is 1. The zero-order chi connectivity index (χ0) is 11.5. The fourth-order valence-electron chi connectivity index (χ4n) is 1.67. The molecule has 1 N–H and O–H groups in total. The van der Waals surface area contributed by atoms with Crippen LogP contribution in [0.15, 0.2) is 0 Å². The van der Waals surface area contributed by atoms with Gasteiger partial charge in [-0.25, -0.2) is 12.7 Å². The molecule has 0 heterocycles. The first-order valence-corrected chi connectivity index (χ1v) is 6.67. The first kappa shape index (κ1) is 12.9. The van der Waals surface area contributed by atoms with Gasteiger partial charge in [-0.05, 0) is 18.8 Å². The molecule has 0 amide bonds. The van der Waals surface area contributed by atoms with Gasteiger partial charge in [0, 0.05) is 20.7 Å². The predicted molar refractivity (Wildman–Crippen MR) is 57.0 cm³/mol. The third-order valence-electron chi connectivity index (χ3n) is 2.75. The van der Waals surface area contributed by atoms with Gasteiger partial charge in [0.2, 0.25) is 10.0 Å². The van der Waals surface area contributed by atoms with E-state index in [1.807, 2.05) is 0 Å². The Hall–Kier alpha value is -0.170. The van der Waals surface area contributed by atoms with Crippen LogP contribution in [-0.4, -0.2) is 57.0 Å². The van der Waals surface area contributed by atoms with Crippen LogP contribution in [-0.2, 0) is 14.8 Å². The van der Waals surface area contributed by atoms with Gasteiger partial charge in [0.25, 0.3) is 0 Å². The van der Waals surface area contributed by atoms with Crippen molar-refractivity contribution in [1.82, 2.24) is 4.31 Å². The molecule has 15 heavy (non-hydrogen) atoms. The van der Waals surface area contributed by atoms with E-state index in [0.29, 0.717) is 25.3 Å². The van der Waals surface area contributed by atoms with Crippen molar-refractivity contribution in [2.75, 3.05) is 33.1 Å². The highest BCUT2D eigenvalue weighted by Gasteiger charge is 2.30. The minimum Gasteiger partial charge on any atom is -0.393 e. The standard InChI is InChI=1S/C9H19NO4S/c1-10(7-8-5-9(11)6-8)15(12,13)4-3-14-2/h8-9,11H,3-7H2,1-2H3. The zero-order valence-electron chi connectivity index (χ0n) is 9.22. The van der Waals surface area contributed by atoms with E-state index in [2.05, 4.69) is 0 Å². The summed E-state index contributed by atoms with van der Waals surface area (Å²) in [6.45, 7) is 0.725. The first-order valence-electron chi connectivity index (χ1n) is 5.06. The zero-order valence-corrected chi connectivity index (χ0v) is 10.0. The smallest absolute Gasteiger partial charge is 0.216 e. The summed E-state index contributed by atoms with van der Waals surface area (Å²) in [6, 6.07) is 0. The number of aliphatic hydroxyl groups is 1. The molecule has 0 radical (unpaired) electrons. The van der Waals surface area contributed by atoms with Gasteiger partial charge >= 0.3 is 0 Å². The van der Waals surface area contributed by atoms with E-state index in [4.69, 9.17) is 9.84 Å². The van der Waals surface area contributed by atoms with Crippen molar-refractivity contribution >= 4 is 10.0 Å². The first-order chi connectivity index (χ1) is 6.95. The van der Waals surface area contributed by atoms with Gasteiger partial charge in [0.15, 0.2) is 0 Å². The molecule has 6 heteroatoms. The Morgan fingerprint density at radius 2 is 2.07 bits per heavy atom. The number of sulfonamides is 1. The number of rotatable bonds is 6. The Balaban J connectivity index is 2.35. The maximum Gasteiger partial charge on any atom is 0.216 e. The maximum absolute atomic E-state index is 11.6. The molecule has 0 aromatic rings. The van der Waals surface area contributed by atoms with Gasteiger partial charge in [-0.2, -0.15) is 0 Å². The lowest BCUT2D eigenvalue weighted by molar-refractivity contribution is 0.0367. The molecule has 0 aromatic heterocycles. The van der Waals surface area contributed by atoms with Gasteiger partial charge in [-0.3, -0.25) is 0 Å². The third kappa shape index (κ3) is 3.71. The van der Waals surface area contributed by atoms with Crippen LogP contribution in [0.1, 0.15) is 12.8 Å². The van der Waals surface area contributed by atoms with Crippen molar-refractivity contribution in [2.45, 2.75) is 18.9 Å². The van der Waals surface area contributed by atoms with Crippen molar-refractivity contribution in [2.24, 2.45) is 5.92 Å². The van der Waals surface area contributed by atoms with Crippen LogP contribution in [0.3, 0.4) is 0 Å². The largest absolute Gasteiger partial charge is 0.393 e. The topological polar surface area (TPSA) is 66.8 Å². The Kier molecular flexibility index (Phi) is 4.51. The van der Waals surface area contributed by atoms with Gasteiger partial charge in [-0.15, -0.1) is 0 Å². The van der Waals surface area contributed by atoms with Crippen molar-refractivity contribution in [1.29, 1.82) is 0 Å². The Morgan fingerprint density at radius 1 is 1.47 bits per heavy atom. The highest BCUT2D eigenvalue weighted by atomic mass is 32.2. The molecule has 0 unspecified atom stereocenters. The van der Waals surface area contributed by atoms with Gasteiger partial charge in [-0.1, -0.05) is 0 Å². The second-order valence-corrected chi connectivity index (χ2v) is 6.28. The lowest BCUT2D eigenvalue weighted by Gasteiger charge is -2.34. The minimum atomic E-state index is -3.18. The number of nitrogens with zero attached hydrogens (tertiary/aromatic N) is 1. The lowest BCUT2D eigenvalue weighted by Crippen LogP contribution is -2.40. The van der Waals surface area contributed by atoms with Crippen molar-refractivity contribution in [3.63, 3.8) is 0 Å². The van der Waals surface area contributed by atoms with Gasteiger partial charge < -0.3 is 9.84 Å². The average Bonchev–Trinajstić information content (AvgIpc) is 2.12. The molecule has 0 spiro atoms. The lowest BCUT2D eigenvalue weighted by atomic mass is 9.82. The highest BCUT2D eigenvalue weighted by Crippen LogP contribution is 2.28. The molecule has 1 rings (SSSR count). The van der Waals surface area contributed by atoms with E-state index >= 15 is 0 Å². The second kappa shape index (κ2) is 5.25. The van der Waals surface area contributed by atoms with Gasteiger partial charge in [0.1, 0.15) is 0 Å². The van der Waals surface area contributed by atoms with E-state index in [9.17, 15) is 8.42 Å². The van der Waals surface area contributed by atoms with E-state index in [-0.39, 0.29) is 18.5 Å². The molecule has 5 nitrogen and oxygen atoms in total. The Morgan fingerprint density at radius 3 is 2.53 bits per heavy atom. The van der Waals surface area contributed by atoms with Crippen molar-refractivity contribution in [3.05, 3.63) is 0 Å². The Bertz CT molecular complexity index is 284. The molecule has 0 aliphatic heterocycles. The summed E-state index contributed by atoms with van der Waals surface area (Å²) in [6.07, 6.45) is 1.19. The molecule has 0 aromatic carbocycles. The molecule has 1 aliphatic carbocycles. The summed E-state index contributed by atoms with van der Waals surface area (Å²) in [4.78, 5) is 0. The molecule has 90 valence electrons. The quantitative estimate of drug-likeness (QED) is 0.686. The molecular formula is C9H19NO4S. The predicted octanol–water partition coefficient (Wildman–Crippen LogP) is -0.335. The number of ether oxygens (including phenoxy) is 1. The summed E-state index contributed by atoms with van der Waals surface area (Å²) in [5.74, 6) is 0.331. The average molecular weight is 237 g/mol. The second-order valence-electron chi connectivity index (χ2n) is 4.08. The number of methoxy groups -OCH3 is 1. The molecule has 1 aliphatic rings. The summed E-state index contributed by atoms with van der Waals surface area (Å²) >= 11 is 0. The van der Waals surface area contributed by atoms with Crippen LogP contribution in [0, 0.1) is 5.92 Å². The normalized spacial score (nSPS) is 26.7. The molecule has 1 saturated carbocycles. The van der Waals surface area contributed by atoms with Crippen molar-refractivity contribution in [3.8, 4) is 0 Å².